The maximum absolute atomic E-state index is 14.3. The number of aliphatic hydroxyl groups is 2. The summed E-state index contributed by atoms with van der Waals surface area (Å²) in [5.41, 5.74) is 4.58. The lowest BCUT2D eigenvalue weighted by Gasteiger charge is -2.20. The fourth-order valence-corrected chi connectivity index (χ4v) is 5.56. The summed E-state index contributed by atoms with van der Waals surface area (Å²) < 4.78 is 14.3. The highest BCUT2D eigenvalue weighted by Crippen LogP contribution is 2.51. The Labute approximate surface area is 171 Å². The Balaban J connectivity index is 2.20. The monoisotopic (exact) mass is 400 g/mol. The predicted octanol–water partition coefficient (Wildman–Crippen LogP) is 3.53. The molecule has 0 bridgehead atoms. The minimum atomic E-state index is -3.26. The third-order valence-corrected chi connectivity index (χ3v) is 7.51. The lowest BCUT2D eigenvalue weighted by molar-refractivity contribution is 0.338. The molecule has 0 spiro atoms. The molecular weight excluding hydrogens is 379 g/mol. The van der Waals surface area contributed by atoms with Crippen molar-refractivity contribution in [3.63, 3.8) is 0 Å². The van der Waals surface area contributed by atoms with Crippen LogP contribution < -0.4 is 10.6 Å². The molecule has 0 saturated carbocycles. The van der Waals surface area contributed by atoms with Gasteiger partial charge in [0.2, 0.25) is 0 Å². The molecule has 0 unspecified atom stereocenters. The maximum atomic E-state index is 14.3. The van der Waals surface area contributed by atoms with E-state index in [2.05, 4.69) is 17.6 Å². The first-order valence-electron chi connectivity index (χ1n) is 9.17. The third-order valence-electron chi connectivity index (χ3n) is 4.43. The average Bonchev–Trinajstić information content (AvgIpc) is 2.79. The van der Waals surface area contributed by atoms with Gasteiger partial charge in [0.25, 0.3) is 0 Å². The molecule has 0 aliphatic heterocycles. The second-order valence-corrected chi connectivity index (χ2v) is 9.01. The highest BCUT2D eigenvalue weighted by atomic mass is 31.2. The van der Waals surface area contributed by atoms with E-state index in [4.69, 9.17) is 5.11 Å². The molecule has 29 heavy (non-hydrogen) atoms. The lowest BCUT2D eigenvalue weighted by Crippen LogP contribution is -2.18. The van der Waals surface area contributed by atoms with Crippen LogP contribution in [0, 0.1) is 11.8 Å². The first kappa shape index (κ1) is 20.6. The molecule has 0 aromatic heterocycles. The summed E-state index contributed by atoms with van der Waals surface area (Å²) in [6.45, 7) is -0.616. The number of aliphatic hydroxyl groups excluding tert-OH is 2. The van der Waals surface area contributed by atoms with Gasteiger partial charge in [0.1, 0.15) is 6.61 Å². The lowest BCUT2D eigenvalue weighted by atomic mass is 10.1. The van der Waals surface area contributed by atoms with Crippen molar-refractivity contribution in [2.75, 3.05) is 13.2 Å². The van der Waals surface area contributed by atoms with Gasteiger partial charge in [-0.3, -0.25) is 0 Å². The van der Waals surface area contributed by atoms with E-state index < -0.39 is 7.14 Å². The Morgan fingerprint density at radius 2 is 1.38 bits per heavy atom. The van der Waals surface area contributed by atoms with Gasteiger partial charge in [0, 0.05) is 16.2 Å². The summed E-state index contributed by atoms with van der Waals surface area (Å²) >= 11 is 0. The summed E-state index contributed by atoms with van der Waals surface area (Å²) in [4.78, 5) is 0. The molecule has 0 amide bonds. The van der Waals surface area contributed by atoms with Crippen molar-refractivity contribution >= 4 is 23.8 Å². The molecule has 2 N–H and O–H groups in total. The van der Waals surface area contributed by atoms with Gasteiger partial charge in [-0.25, -0.2) is 0 Å². The van der Waals surface area contributed by atoms with E-state index in [1.54, 1.807) is 6.08 Å². The number of hydrogen-bond acceptors (Lipinski definition) is 3. The van der Waals surface area contributed by atoms with Crippen molar-refractivity contribution in [3.05, 3.63) is 107 Å². The van der Waals surface area contributed by atoms with E-state index in [1.165, 1.54) is 0 Å². The van der Waals surface area contributed by atoms with Crippen molar-refractivity contribution in [3.8, 4) is 11.8 Å². The molecule has 0 heterocycles. The quantitative estimate of drug-likeness (QED) is 0.391. The van der Waals surface area contributed by atoms with Crippen LogP contribution in [0.1, 0.15) is 11.1 Å². The van der Waals surface area contributed by atoms with Crippen molar-refractivity contribution in [2.24, 2.45) is 0 Å². The number of hydrogen-bond donors (Lipinski definition) is 2. The Hall–Kier alpha value is -3.11. The van der Waals surface area contributed by atoms with E-state index in [0.717, 1.165) is 11.1 Å². The number of benzene rings is 3. The topological polar surface area (TPSA) is 57.5 Å². The van der Waals surface area contributed by atoms with Crippen molar-refractivity contribution in [1.82, 2.24) is 0 Å². The summed E-state index contributed by atoms with van der Waals surface area (Å²) in [5.74, 6) is 5.53. The van der Waals surface area contributed by atoms with Crippen molar-refractivity contribution < 1.29 is 14.8 Å². The fourth-order valence-electron chi connectivity index (χ4n) is 3.01. The molecule has 4 heteroatoms. The summed E-state index contributed by atoms with van der Waals surface area (Å²) in [5, 5.41) is 20.7. The van der Waals surface area contributed by atoms with Crippen LogP contribution in [-0.4, -0.2) is 23.4 Å². The minimum absolute atomic E-state index is 0.229. The van der Waals surface area contributed by atoms with Crippen molar-refractivity contribution in [1.29, 1.82) is 0 Å². The molecule has 0 aliphatic carbocycles. The second-order valence-electron chi connectivity index (χ2n) is 6.22. The van der Waals surface area contributed by atoms with Crippen LogP contribution in [0.4, 0.5) is 0 Å². The van der Waals surface area contributed by atoms with Crippen LogP contribution in [0.3, 0.4) is 0 Å². The zero-order valence-corrected chi connectivity index (χ0v) is 16.7. The summed E-state index contributed by atoms with van der Waals surface area (Å²) in [6.07, 6.45) is 1.69. The summed E-state index contributed by atoms with van der Waals surface area (Å²) in [6, 6.07) is 25.7. The van der Waals surface area contributed by atoms with Crippen molar-refractivity contribution in [2.45, 2.75) is 0 Å². The normalized spacial score (nSPS) is 10.4. The number of rotatable bonds is 5. The van der Waals surface area contributed by atoms with E-state index in [9.17, 15) is 9.67 Å². The minimum Gasteiger partial charge on any atom is -0.391 e. The van der Waals surface area contributed by atoms with Crippen LogP contribution in [0.15, 0.2) is 96.0 Å². The van der Waals surface area contributed by atoms with Gasteiger partial charge in [-0.2, -0.15) is 0 Å². The highest BCUT2D eigenvalue weighted by Gasteiger charge is 2.31. The van der Waals surface area contributed by atoms with Gasteiger partial charge < -0.3 is 14.8 Å². The Morgan fingerprint density at radius 3 is 1.93 bits per heavy atom. The zero-order valence-electron chi connectivity index (χ0n) is 15.8. The van der Waals surface area contributed by atoms with Crippen LogP contribution >= 0.6 is 7.14 Å². The van der Waals surface area contributed by atoms with Crippen LogP contribution in [-0.2, 0) is 4.57 Å². The van der Waals surface area contributed by atoms with Gasteiger partial charge in [0.05, 0.1) is 11.9 Å². The van der Waals surface area contributed by atoms with Gasteiger partial charge in [-0.15, -0.1) is 5.73 Å². The standard InChI is InChI=1S/C25H21O3P/c26-19-9-12-21-10-7-8-11-22(21)17-18-25(20-27)29(28,23-13-3-1-4-14-23)24-15-5-2-6-16-24/h1-8,10-11,13-17,26-27H,19-20H2. The van der Waals surface area contributed by atoms with Gasteiger partial charge in [0.15, 0.2) is 7.14 Å². The highest BCUT2D eigenvalue weighted by molar-refractivity contribution is 7.82. The molecule has 0 aliphatic rings. The second kappa shape index (κ2) is 9.89. The molecule has 3 aromatic carbocycles. The van der Waals surface area contributed by atoms with Crippen LogP contribution in [0.2, 0.25) is 0 Å². The first-order valence-corrected chi connectivity index (χ1v) is 10.9. The molecule has 3 aromatic rings. The Kier molecular flexibility index (Phi) is 7.04. The van der Waals surface area contributed by atoms with E-state index >= 15 is 0 Å². The van der Waals surface area contributed by atoms with E-state index in [0.29, 0.717) is 15.9 Å². The first-order chi connectivity index (χ1) is 14.2. The van der Waals surface area contributed by atoms with Gasteiger partial charge in [-0.1, -0.05) is 90.7 Å². The van der Waals surface area contributed by atoms with E-state index in [1.807, 2.05) is 84.9 Å². The SMILES string of the molecule is O=P(C(=C=Cc1ccccc1C#CCO)CO)(c1ccccc1)c1ccccc1. The Bertz CT molecular complexity index is 1090. The van der Waals surface area contributed by atoms with E-state index in [-0.39, 0.29) is 13.2 Å². The third kappa shape index (κ3) is 4.66. The molecule has 0 saturated heterocycles. The molecule has 3 nitrogen and oxygen atoms in total. The smallest absolute Gasteiger partial charge is 0.176 e. The van der Waals surface area contributed by atoms with Crippen LogP contribution in [0.5, 0.6) is 0 Å². The molecule has 3 rings (SSSR count). The zero-order chi connectivity index (χ0) is 20.5. The van der Waals surface area contributed by atoms with Gasteiger partial charge in [-0.05, 0) is 17.7 Å². The average molecular weight is 400 g/mol. The molecule has 0 atom stereocenters. The fraction of sp³-hybridized carbons (Fsp3) is 0.0800. The largest absolute Gasteiger partial charge is 0.391 e. The molecule has 0 radical (unpaired) electrons. The summed E-state index contributed by atoms with van der Waals surface area (Å²) in [7, 11) is -3.26. The maximum Gasteiger partial charge on any atom is 0.176 e. The Morgan fingerprint density at radius 1 is 0.828 bits per heavy atom. The molecule has 0 fully saturated rings. The van der Waals surface area contributed by atoms with Crippen LogP contribution in [0.25, 0.3) is 6.08 Å². The predicted molar refractivity (Wildman–Crippen MR) is 119 cm³/mol. The molecular formula is C25H21O3P. The van der Waals surface area contributed by atoms with Gasteiger partial charge >= 0.3 is 0 Å². The molecule has 144 valence electrons.